The maximum atomic E-state index is 10.9. The number of oxime groups is 1. The maximum absolute atomic E-state index is 10.9. The van der Waals surface area contributed by atoms with Gasteiger partial charge in [-0.15, -0.1) is 0 Å². The first-order chi connectivity index (χ1) is 30.9. The van der Waals surface area contributed by atoms with Crippen LogP contribution in [0.15, 0.2) is 103 Å². The summed E-state index contributed by atoms with van der Waals surface area (Å²) < 4.78 is 11.0. The largest absolute Gasteiger partial charge is 0.482 e. The lowest BCUT2D eigenvalue weighted by Crippen LogP contribution is -2.30. The summed E-state index contributed by atoms with van der Waals surface area (Å²) in [6.45, 7) is 0.270. The number of carbonyl (C=O) groups is 2. The van der Waals surface area contributed by atoms with Gasteiger partial charge in [0.15, 0.2) is 13.2 Å². The van der Waals surface area contributed by atoms with E-state index < -0.39 is 11.9 Å². The molecule has 2 fully saturated rings. The van der Waals surface area contributed by atoms with Gasteiger partial charge in [0.2, 0.25) is 0 Å². The third kappa shape index (κ3) is 12.9. The van der Waals surface area contributed by atoms with Gasteiger partial charge in [-0.25, -0.2) is 9.59 Å². The van der Waals surface area contributed by atoms with Crippen LogP contribution in [0.5, 0.6) is 11.5 Å². The second-order valence-electron chi connectivity index (χ2n) is 16.7. The highest BCUT2D eigenvalue weighted by Crippen LogP contribution is 2.37. The van der Waals surface area contributed by atoms with Crippen LogP contribution in [0.25, 0.3) is 11.1 Å². The first kappa shape index (κ1) is 45.2. The molecule has 8 rings (SSSR count). The number of carboxylic acids is 2. The number of hydroxylamine groups is 1. The molecule has 2 saturated carbocycles. The molecule has 0 bridgehead atoms. The number of ether oxygens (including phenoxy) is 2. The van der Waals surface area contributed by atoms with Crippen molar-refractivity contribution in [3.63, 3.8) is 0 Å². The van der Waals surface area contributed by atoms with Gasteiger partial charge in [-0.2, -0.15) is 5.48 Å². The third-order valence-electron chi connectivity index (χ3n) is 12.4. The van der Waals surface area contributed by atoms with E-state index in [2.05, 4.69) is 44.9 Å². The molecule has 3 N–H and O–H groups in total. The topological polar surface area (TPSA) is 162 Å². The highest BCUT2D eigenvalue weighted by molar-refractivity contribution is 6.01. The molecule has 4 aromatic rings. The Balaban J connectivity index is 0.000000189. The van der Waals surface area contributed by atoms with E-state index in [4.69, 9.17) is 29.4 Å². The quantitative estimate of drug-likeness (QED) is 0.0496. The fourth-order valence-corrected chi connectivity index (χ4v) is 9.37. The molecule has 0 amide bonds. The number of nitrogens with one attached hydrogen (secondary N) is 1. The van der Waals surface area contributed by atoms with E-state index in [-0.39, 0.29) is 19.3 Å². The lowest BCUT2D eigenvalue weighted by molar-refractivity contribution is -0.140. The molecule has 0 spiro atoms. The fourth-order valence-electron chi connectivity index (χ4n) is 9.37. The number of fused-ring (bicyclic) bond motifs is 2. The average molecular weight is 857 g/mol. The van der Waals surface area contributed by atoms with Gasteiger partial charge in [0, 0.05) is 47.4 Å². The van der Waals surface area contributed by atoms with Gasteiger partial charge >= 0.3 is 11.9 Å². The van der Waals surface area contributed by atoms with Crippen molar-refractivity contribution in [1.82, 2.24) is 15.4 Å². The monoisotopic (exact) mass is 856 g/mol. The number of allylic oxidation sites excluding steroid dienone is 2. The highest BCUT2D eigenvalue weighted by Gasteiger charge is 2.26. The van der Waals surface area contributed by atoms with Gasteiger partial charge in [0.25, 0.3) is 0 Å². The second kappa shape index (κ2) is 23.6. The Labute approximate surface area is 370 Å². The molecular weight excluding hydrogens is 797 g/mol. The van der Waals surface area contributed by atoms with E-state index in [1.54, 1.807) is 6.20 Å². The van der Waals surface area contributed by atoms with Crippen LogP contribution in [0, 0.1) is 11.8 Å². The molecule has 12 heteroatoms. The van der Waals surface area contributed by atoms with Gasteiger partial charge in [-0.1, -0.05) is 86.2 Å². The van der Waals surface area contributed by atoms with Gasteiger partial charge in [-0.3, -0.25) is 9.97 Å². The summed E-state index contributed by atoms with van der Waals surface area (Å²) in [5.74, 6) is 0.330. The highest BCUT2D eigenvalue weighted by atomic mass is 16.6. The minimum atomic E-state index is -0.979. The van der Waals surface area contributed by atoms with E-state index in [0.717, 1.165) is 84.0 Å². The fraction of sp³-hybridized carbons (Fsp3) is 0.431. The van der Waals surface area contributed by atoms with E-state index in [0.29, 0.717) is 36.5 Å². The van der Waals surface area contributed by atoms with Gasteiger partial charge in [-0.05, 0) is 122 Å². The van der Waals surface area contributed by atoms with Crippen LogP contribution in [-0.2, 0) is 32.1 Å². The minimum absolute atomic E-state index is 0.160. The van der Waals surface area contributed by atoms with Crippen molar-refractivity contribution in [2.75, 3.05) is 26.4 Å². The molecule has 2 aromatic carbocycles. The van der Waals surface area contributed by atoms with Gasteiger partial charge < -0.3 is 29.4 Å². The Bertz CT molecular complexity index is 2200. The Kier molecular flexibility index (Phi) is 16.9. The minimum Gasteiger partial charge on any atom is -0.482 e. The Morgan fingerprint density at radius 2 is 1.32 bits per heavy atom. The van der Waals surface area contributed by atoms with Crippen molar-refractivity contribution >= 4 is 28.8 Å². The summed E-state index contributed by atoms with van der Waals surface area (Å²) >= 11 is 0. The van der Waals surface area contributed by atoms with E-state index in [1.807, 2.05) is 67.1 Å². The van der Waals surface area contributed by atoms with Crippen molar-refractivity contribution in [2.24, 2.45) is 17.0 Å². The molecule has 1 atom stereocenters. The first-order valence-corrected chi connectivity index (χ1v) is 22.6. The van der Waals surface area contributed by atoms with Crippen molar-refractivity contribution in [2.45, 2.75) is 102 Å². The predicted octanol–water partition coefficient (Wildman–Crippen LogP) is 9.98. The van der Waals surface area contributed by atoms with Gasteiger partial charge in [0.05, 0.1) is 18.4 Å². The lowest BCUT2D eigenvalue weighted by atomic mass is 9.82. The van der Waals surface area contributed by atoms with Crippen LogP contribution in [0.1, 0.15) is 123 Å². The summed E-state index contributed by atoms with van der Waals surface area (Å²) in [5, 5.41) is 22.4. The number of hydrogen-bond donors (Lipinski definition) is 3. The molecule has 4 aliphatic rings. The number of hydrogen-bond acceptors (Lipinski definition) is 10. The summed E-state index contributed by atoms with van der Waals surface area (Å²) in [4.78, 5) is 42.2. The van der Waals surface area contributed by atoms with Crippen molar-refractivity contribution in [3.8, 4) is 11.5 Å². The van der Waals surface area contributed by atoms with Crippen molar-refractivity contribution in [3.05, 3.63) is 131 Å². The van der Waals surface area contributed by atoms with Crippen LogP contribution in [0.3, 0.4) is 0 Å². The molecule has 2 heterocycles. The molecule has 63 heavy (non-hydrogen) atoms. The first-order valence-electron chi connectivity index (χ1n) is 22.6. The smallest absolute Gasteiger partial charge is 0.341 e. The van der Waals surface area contributed by atoms with Crippen LogP contribution >= 0.6 is 0 Å². The standard InChI is InChI=1S/C26H32N2O4.C25H28N2O4/c29-25(30)18-31-24-13-5-11-22-19(9-4-12-23(22)24)14-16-32-28-26(20-7-2-1-3-8-20)21-10-6-15-27-17-21;28-24(29)17-30-23-13-5-11-21-20(9-4-12-22(21)23)16-31-27-25(18-7-2-1-3-8-18)19-10-6-14-26-15-19/h5-6,9-11,13,15,17,20,26,28H,1-4,7-8,12,14,16,18H2,(H,29,30);5-6,9-11,13-15,18H,1-4,7-8,12,16-17H2,(H,28,29). The average Bonchev–Trinajstić information content (AvgIpc) is 3.33. The van der Waals surface area contributed by atoms with Crippen LogP contribution in [-0.4, -0.2) is 64.3 Å². The molecule has 0 saturated heterocycles. The van der Waals surface area contributed by atoms with Crippen LogP contribution < -0.4 is 15.0 Å². The molecular formula is C51H60N4O8. The number of aromatic nitrogens is 2. The molecule has 0 radical (unpaired) electrons. The Morgan fingerprint density at radius 1 is 0.714 bits per heavy atom. The summed E-state index contributed by atoms with van der Waals surface area (Å²) in [5.41, 5.74) is 13.1. The summed E-state index contributed by atoms with van der Waals surface area (Å²) in [6.07, 6.45) is 28.4. The van der Waals surface area contributed by atoms with Crippen LogP contribution in [0.2, 0.25) is 0 Å². The van der Waals surface area contributed by atoms with Crippen LogP contribution in [0.4, 0.5) is 0 Å². The lowest BCUT2D eigenvalue weighted by Gasteiger charge is -2.31. The number of nitrogens with zero attached hydrogens (tertiary/aromatic N) is 3. The zero-order valence-corrected chi connectivity index (χ0v) is 36.1. The molecule has 0 aliphatic heterocycles. The summed E-state index contributed by atoms with van der Waals surface area (Å²) in [7, 11) is 0. The zero-order chi connectivity index (χ0) is 43.6. The summed E-state index contributed by atoms with van der Waals surface area (Å²) in [6, 6.07) is 19.9. The Morgan fingerprint density at radius 3 is 1.92 bits per heavy atom. The third-order valence-corrected chi connectivity index (χ3v) is 12.4. The molecule has 332 valence electrons. The van der Waals surface area contributed by atoms with E-state index in [1.165, 1.54) is 62.5 Å². The number of carboxylic acid groups (broad SMARTS) is 2. The SMILES string of the molecule is O=C(O)COc1cccc2c1CCC=C2CCONC(c1cccnc1)C1CCCCC1.O=C(O)COc1cccc2c1CCC=C2CON=C(c1cccnc1)C1CCCCC1. The molecule has 2 aromatic heterocycles. The maximum Gasteiger partial charge on any atom is 0.341 e. The number of aliphatic carboxylic acids is 2. The van der Waals surface area contributed by atoms with E-state index >= 15 is 0 Å². The molecule has 1 unspecified atom stereocenters. The van der Waals surface area contributed by atoms with Gasteiger partial charge in [0.1, 0.15) is 18.1 Å². The van der Waals surface area contributed by atoms with E-state index in [9.17, 15) is 9.59 Å². The normalized spacial score (nSPS) is 17.1. The molecule has 12 nitrogen and oxygen atoms in total. The second-order valence-corrected chi connectivity index (χ2v) is 16.7. The number of rotatable bonds is 18. The zero-order valence-electron chi connectivity index (χ0n) is 36.1. The Hall–Kier alpha value is -5.85. The van der Waals surface area contributed by atoms with Crippen molar-refractivity contribution in [1.29, 1.82) is 0 Å². The predicted molar refractivity (Wildman–Crippen MR) is 242 cm³/mol. The van der Waals surface area contributed by atoms with Crippen molar-refractivity contribution < 1.29 is 39.0 Å². The number of benzene rings is 2. The number of pyridine rings is 2. The molecule has 4 aliphatic carbocycles.